The number of rotatable bonds is 2. The Hall–Kier alpha value is -1.77. The molecule has 1 aromatic heterocycles. The Labute approximate surface area is 93.3 Å². The molecule has 2 aromatic rings. The molecule has 16 heavy (non-hydrogen) atoms. The predicted molar refractivity (Wildman–Crippen MR) is 62.9 cm³/mol. The van der Waals surface area contributed by atoms with Crippen LogP contribution in [-0.2, 0) is 0 Å². The molecule has 0 bridgehead atoms. The lowest BCUT2D eigenvalue weighted by Crippen LogP contribution is -2.09. The van der Waals surface area contributed by atoms with E-state index in [2.05, 4.69) is 0 Å². The van der Waals surface area contributed by atoms with Crippen molar-refractivity contribution in [1.82, 2.24) is 0 Å². The molecule has 0 spiro atoms. The summed E-state index contributed by atoms with van der Waals surface area (Å²) >= 11 is 0. The van der Waals surface area contributed by atoms with E-state index >= 15 is 0 Å². The highest BCUT2D eigenvalue weighted by Gasteiger charge is 2.11. The molecule has 1 N–H and O–H groups in total. The summed E-state index contributed by atoms with van der Waals surface area (Å²) in [5.41, 5.74) is 0.810. The van der Waals surface area contributed by atoms with Gasteiger partial charge in [0.15, 0.2) is 0 Å². The standard InChI is InChI=1S/C13H14O3/c1-3-8(2)11-6-9-4-5-10(14)7-12(9)16-13(11)15/h4-8,14H,3H2,1-2H3. The molecule has 0 saturated heterocycles. The molecule has 84 valence electrons. The fourth-order valence-electron chi connectivity index (χ4n) is 1.68. The molecule has 0 aliphatic heterocycles. The van der Waals surface area contributed by atoms with E-state index in [1.54, 1.807) is 12.1 Å². The van der Waals surface area contributed by atoms with Crippen LogP contribution in [0.4, 0.5) is 0 Å². The fourth-order valence-corrected chi connectivity index (χ4v) is 1.68. The predicted octanol–water partition coefficient (Wildman–Crippen LogP) is 3.01. The van der Waals surface area contributed by atoms with Crippen LogP contribution in [-0.4, -0.2) is 5.11 Å². The molecule has 3 nitrogen and oxygen atoms in total. The van der Waals surface area contributed by atoms with Gasteiger partial charge in [-0.15, -0.1) is 0 Å². The van der Waals surface area contributed by atoms with Crippen molar-refractivity contribution in [3.8, 4) is 5.75 Å². The van der Waals surface area contributed by atoms with Crippen LogP contribution < -0.4 is 5.63 Å². The smallest absolute Gasteiger partial charge is 0.339 e. The molecule has 0 aliphatic carbocycles. The van der Waals surface area contributed by atoms with Crippen molar-refractivity contribution in [3.05, 3.63) is 40.2 Å². The molecule has 1 atom stereocenters. The summed E-state index contributed by atoms with van der Waals surface area (Å²) in [6, 6.07) is 6.63. The molecular weight excluding hydrogens is 204 g/mol. The zero-order valence-corrected chi connectivity index (χ0v) is 9.36. The second kappa shape index (κ2) is 4.00. The summed E-state index contributed by atoms with van der Waals surface area (Å²) in [5.74, 6) is 0.293. The molecule has 1 unspecified atom stereocenters. The number of aromatic hydroxyl groups is 1. The van der Waals surface area contributed by atoms with Crippen molar-refractivity contribution in [1.29, 1.82) is 0 Å². The Morgan fingerprint density at radius 3 is 2.81 bits per heavy atom. The first kappa shape index (κ1) is 10.7. The maximum atomic E-state index is 11.7. The Morgan fingerprint density at radius 2 is 2.12 bits per heavy atom. The van der Waals surface area contributed by atoms with Crippen molar-refractivity contribution in [3.63, 3.8) is 0 Å². The monoisotopic (exact) mass is 218 g/mol. The van der Waals surface area contributed by atoms with Crippen LogP contribution in [0.5, 0.6) is 5.75 Å². The van der Waals surface area contributed by atoms with Crippen molar-refractivity contribution in [2.75, 3.05) is 0 Å². The van der Waals surface area contributed by atoms with Gasteiger partial charge in [0.05, 0.1) is 0 Å². The van der Waals surface area contributed by atoms with E-state index in [0.717, 1.165) is 11.8 Å². The first-order valence-corrected chi connectivity index (χ1v) is 5.38. The van der Waals surface area contributed by atoms with E-state index < -0.39 is 0 Å². The minimum absolute atomic E-state index is 0.104. The van der Waals surface area contributed by atoms with E-state index in [-0.39, 0.29) is 17.3 Å². The van der Waals surface area contributed by atoms with Crippen LogP contribution in [0.15, 0.2) is 33.5 Å². The summed E-state index contributed by atoms with van der Waals surface area (Å²) in [4.78, 5) is 11.7. The molecule has 1 aromatic carbocycles. The van der Waals surface area contributed by atoms with Gasteiger partial charge < -0.3 is 9.52 Å². The van der Waals surface area contributed by atoms with Gasteiger partial charge in [-0.05, 0) is 30.5 Å². The zero-order valence-electron chi connectivity index (χ0n) is 9.36. The minimum Gasteiger partial charge on any atom is -0.508 e. The lowest BCUT2D eigenvalue weighted by Gasteiger charge is -2.07. The van der Waals surface area contributed by atoms with E-state index in [9.17, 15) is 9.90 Å². The molecule has 0 fully saturated rings. The lowest BCUT2D eigenvalue weighted by atomic mass is 9.99. The van der Waals surface area contributed by atoms with Crippen LogP contribution in [0.25, 0.3) is 11.0 Å². The normalized spacial score (nSPS) is 12.9. The third kappa shape index (κ3) is 1.81. The summed E-state index contributed by atoms with van der Waals surface area (Å²) in [6.45, 7) is 4.03. The Balaban J connectivity index is 2.67. The van der Waals surface area contributed by atoms with Gasteiger partial charge in [0.25, 0.3) is 0 Å². The Kier molecular flexibility index (Phi) is 2.69. The fraction of sp³-hybridized carbons (Fsp3) is 0.308. The third-order valence-corrected chi connectivity index (χ3v) is 2.89. The average Bonchev–Trinajstić information content (AvgIpc) is 2.27. The molecule has 3 heteroatoms. The van der Waals surface area contributed by atoms with Crippen LogP contribution in [0, 0.1) is 0 Å². The molecule has 0 radical (unpaired) electrons. The maximum Gasteiger partial charge on any atom is 0.339 e. The van der Waals surface area contributed by atoms with Gasteiger partial charge in [0, 0.05) is 17.0 Å². The van der Waals surface area contributed by atoms with Crippen molar-refractivity contribution in [2.45, 2.75) is 26.2 Å². The lowest BCUT2D eigenvalue weighted by molar-refractivity contribution is 0.472. The van der Waals surface area contributed by atoms with E-state index in [4.69, 9.17) is 4.42 Å². The number of hydrogen-bond donors (Lipinski definition) is 1. The summed E-state index contributed by atoms with van der Waals surface area (Å²) in [5, 5.41) is 10.1. The zero-order chi connectivity index (χ0) is 11.7. The SMILES string of the molecule is CCC(C)c1cc2ccc(O)cc2oc1=O. The van der Waals surface area contributed by atoms with Gasteiger partial charge in [-0.3, -0.25) is 0 Å². The summed E-state index contributed by atoms with van der Waals surface area (Å²) < 4.78 is 5.18. The molecule has 0 saturated carbocycles. The van der Waals surface area contributed by atoms with Crippen molar-refractivity contribution >= 4 is 11.0 Å². The molecule has 1 heterocycles. The van der Waals surface area contributed by atoms with Crippen molar-refractivity contribution in [2.24, 2.45) is 0 Å². The number of phenolic OH excluding ortho intramolecular Hbond substituents is 1. The molecule has 0 amide bonds. The highest BCUT2D eigenvalue weighted by molar-refractivity contribution is 5.78. The van der Waals surface area contributed by atoms with Gasteiger partial charge in [0.2, 0.25) is 0 Å². The topological polar surface area (TPSA) is 50.4 Å². The van der Waals surface area contributed by atoms with Crippen LogP contribution >= 0.6 is 0 Å². The van der Waals surface area contributed by atoms with Gasteiger partial charge in [0.1, 0.15) is 11.3 Å². The summed E-state index contributed by atoms with van der Waals surface area (Å²) in [6.07, 6.45) is 0.897. The maximum absolute atomic E-state index is 11.7. The Morgan fingerprint density at radius 1 is 1.38 bits per heavy atom. The van der Waals surface area contributed by atoms with Gasteiger partial charge in [-0.1, -0.05) is 13.8 Å². The van der Waals surface area contributed by atoms with Crippen LogP contribution in [0.3, 0.4) is 0 Å². The van der Waals surface area contributed by atoms with Crippen LogP contribution in [0.2, 0.25) is 0 Å². The Bertz CT molecular complexity index is 569. The van der Waals surface area contributed by atoms with Gasteiger partial charge >= 0.3 is 5.63 Å². The number of benzene rings is 1. The number of hydrogen-bond acceptors (Lipinski definition) is 3. The first-order chi connectivity index (χ1) is 7.61. The molecular formula is C13H14O3. The quantitative estimate of drug-likeness (QED) is 0.788. The minimum atomic E-state index is -0.313. The molecule has 2 rings (SSSR count). The second-order valence-electron chi connectivity index (χ2n) is 4.02. The largest absolute Gasteiger partial charge is 0.508 e. The van der Waals surface area contributed by atoms with Gasteiger partial charge in [-0.25, -0.2) is 4.79 Å². The van der Waals surface area contributed by atoms with Crippen molar-refractivity contribution < 1.29 is 9.52 Å². The van der Waals surface area contributed by atoms with E-state index in [1.165, 1.54) is 6.07 Å². The van der Waals surface area contributed by atoms with E-state index in [1.807, 2.05) is 19.9 Å². The highest BCUT2D eigenvalue weighted by Crippen LogP contribution is 2.23. The third-order valence-electron chi connectivity index (χ3n) is 2.89. The van der Waals surface area contributed by atoms with Gasteiger partial charge in [-0.2, -0.15) is 0 Å². The molecule has 0 aliphatic rings. The average molecular weight is 218 g/mol. The first-order valence-electron chi connectivity index (χ1n) is 5.38. The second-order valence-corrected chi connectivity index (χ2v) is 4.02. The number of phenols is 1. The van der Waals surface area contributed by atoms with Crippen LogP contribution in [0.1, 0.15) is 31.7 Å². The highest BCUT2D eigenvalue weighted by atomic mass is 16.4. The summed E-state index contributed by atoms with van der Waals surface area (Å²) in [7, 11) is 0. The number of fused-ring (bicyclic) bond motifs is 1. The van der Waals surface area contributed by atoms with E-state index in [0.29, 0.717) is 11.1 Å².